The van der Waals surface area contributed by atoms with Crippen LogP contribution in [-0.2, 0) is 6.42 Å². The zero-order valence-corrected chi connectivity index (χ0v) is 20.5. The van der Waals surface area contributed by atoms with Gasteiger partial charge in [0.15, 0.2) is 0 Å². The Hall–Kier alpha value is -1.40. The minimum absolute atomic E-state index is 0. The second kappa shape index (κ2) is 9.82. The monoisotopic (exact) mass is 406 g/mol. The van der Waals surface area contributed by atoms with Crippen molar-refractivity contribution < 1.29 is 18.9 Å². The topological polar surface area (TPSA) is 0 Å². The summed E-state index contributed by atoms with van der Waals surface area (Å²) in [5, 5.41) is 4.68. The van der Waals surface area contributed by atoms with Gasteiger partial charge in [-0.15, -0.1) is 40.2 Å². The summed E-state index contributed by atoms with van der Waals surface area (Å²) in [7, 11) is -1.71. The van der Waals surface area contributed by atoms with E-state index in [0.717, 1.165) is 5.92 Å². The molecule has 0 aliphatic heterocycles. The van der Waals surface area contributed by atoms with Crippen molar-refractivity contribution in [2.45, 2.75) is 64.6 Å². The van der Waals surface area contributed by atoms with Gasteiger partial charge in [-0.2, -0.15) is 5.56 Å². The van der Waals surface area contributed by atoms with Gasteiger partial charge in [-0.05, 0) is 22.6 Å². The third kappa shape index (κ3) is 4.31. The van der Waals surface area contributed by atoms with Crippen molar-refractivity contribution in [3.63, 3.8) is 0 Å². The maximum Gasteiger partial charge on any atom is 1.00 e. The summed E-state index contributed by atoms with van der Waals surface area (Å²) < 4.78 is 0. The summed E-state index contributed by atoms with van der Waals surface area (Å²) in [6.07, 6.45) is 11.4. The molecule has 0 spiro atoms. The van der Waals surface area contributed by atoms with Gasteiger partial charge >= 0.3 is 18.9 Å². The van der Waals surface area contributed by atoms with Crippen molar-refractivity contribution in [3.8, 4) is 0 Å². The predicted octanol–water partition coefficient (Wildman–Crippen LogP) is 4.59. The molecule has 0 bridgehead atoms. The molecule has 0 aromatic heterocycles. The van der Waals surface area contributed by atoms with Gasteiger partial charge in [-0.3, -0.25) is 0 Å². The largest absolute Gasteiger partial charge is 1.00 e. The molecule has 30 heavy (non-hydrogen) atoms. The summed E-state index contributed by atoms with van der Waals surface area (Å²) in [5.74, 6) is 0.811. The molecule has 0 saturated heterocycles. The van der Waals surface area contributed by atoms with Crippen LogP contribution < -0.4 is 24.0 Å². The molecule has 3 aromatic rings. The van der Waals surface area contributed by atoms with E-state index in [4.69, 9.17) is 0 Å². The summed E-state index contributed by atoms with van der Waals surface area (Å²) in [4.78, 5) is 0. The number of hydrogen-bond donors (Lipinski definition) is 0. The quantitative estimate of drug-likeness (QED) is 0.379. The van der Waals surface area contributed by atoms with Crippen LogP contribution in [0.15, 0.2) is 60.7 Å². The second-order valence-corrected chi connectivity index (χ2v) is 14.0. The summed E-state index contributed by atoms with van der Waals surface area (Å²) >= 11 is 0. The fourth-order valence-corrected chi connectivity index (χ4v) is 8.74. The van der Waals surface area contributed by atoms with Gasteiger partial charge in [0.05, 0.1) is 0 Å². The fraction of sp³-hybridized carbons (Fsp3) is 0.393. The Morgan fingerprint density at radius 1 is 1.00 bits per heavy atom. The number of unbranched alkanes of at least 4 members (excludes halogenated alkanes) is 1. The summed E-state index contributed by atoms with van der Waals surface area (Å²) in [6, 6.07) is 20.8. The Bertz CT molecular complexity index is 1010. The molecule has 0 heterocycles. The van der Waals surface area contributed by atoms with E-state index in [1.54, 1.807) is 10.8 Å². The van der Waals surface area contributed by atoms with E-state index in [2.05, 4.69) is 93.7 Å². The average molecular weight is 407 g/mol. The standard InChI is InChI=1S/C28H35Si.Li/c1-5-7-12-21(6-2)19-23-20-28(26-16-11-10-14-24(23)26)29(3,4)27-18-17-22-13-8-9-15-25(22)27;/h8-11,13-18,20-21,27H,5-7,12,19H2,1-4H3;/q-1;+1. The molecule has 3 aromatic carbocycles. The molecule has 2 unspecified atom stereocenters. The maximum absolute atomic E-state index is 2.61. The summed E-state index contributed by atoms with van der Waals surface area (Å²) in [6.45, 7) is 9.82. The first kappa shape index (κ1) is 23.3. The third-order valence-electron chi connectivity index (χ3n) is 7.20. The van der Waals surface area contributed by atoms with E-state index < -0.39 is 8.07 Å². The van der Waals surface area contributed by atoms with Gasteiger partial charge in [-0.25, -0.2) is 0 Å². The molecule has 2 atom stereocenters. The molecule has 0 radical (unpaired) electrons. The van der Waals surface area contributed by atoms with E-state index in [1.165, 1.54) is 54.0 Å². The number of benzene rings is 2. The predicted molar refractivity (Wildman–Crippen MR) is 132 cm³/mol. The van der Waals surface area contributed by atoms with Crippen molar-refractivity contribution in [1.82, 2.24) is 0 Å². The SMILES string of the molecule is CCCCC(CC)Cc1c[c-]([Si](C)(C)C2C=Cc3ccccc32)c2ccccc12.[Li+]. The average Bonchev–Trinajstić information content (AvgIpc) is 3.34. The summed E-state index contributed by atoms with van der Waals surface area (Å²) in [5.41, 5.74) is 5.11. The van der Waals surface area contributed by atoms with Crippen LogP contribution in [0.3, 0.4) is 0 Å². The van der Waals surface area contributed by atoms with Crippen molar-refractivity contribution in [2.75, 3.05) is 0 Å². The van der Waals surface area contributed by atoms with E-state index in [9.17, 15) is 0 Å². The Balaban J connectivity index is 0.00000256. The molecule has 0 saturated carbocycles. The van der Waals surface area contributed by atoms with Gasteiger partial charge in [0.1, 0.15) is 0 Å². The number of hydrogen-bond acceptors (Lipinski definition) is 0. The van der Waals surface area contributed by atoms with Crippen LogP contribution in [0.2, 0.25) is 13.1 Å². The molecule has 1 aliphatic rings. The van der Waals surface area contributed by atoms with E-state index >= 15 is 0 Å². The first-order valence-corrected chi connectivity index (χ1v) is 14.6. The molecule has 0 N–H and O–H groups in total. The normalized spacial score (nSPS) is 16.5. The molecule has 4 rings (SSSR count). The number of allylic oxidation sites excluding steroid dienone is 1. The molecular weight excluding hydrogens is 371 g/mol. The smallest absolute Gasteiger partial charge is 0.153 e. The Morgan fingerprint density at radius 3 is 2.50 bits per heavy atom. The van der Waals surface area contributed by atoms with Crippen molar-refractivity contribution in [3.05, 3.63) is 77.4 Å². The molecule has 0 amide bonds. The molecular formula is C28H35LiSi. The van der Waals surface area contributed by atoms with Crippen LogP contribution >= 0.6 is 0 Å². The Kier molecular flexibility index (Phi) is 7.62. The Labute approximate surface area is 196 Å². The van der Waals surface area contributed by atoms with E-state index in [0.29, 0.717) is 5.54 Å². The van der Waals surface area contributed by atoms with Crippen LogP contribution in [0.1, 0.15) is 61.8 Å². The van der Waals surface area contributed by atoms with E-state index in [1.807, 2.05) is 0 Å². The van der Waals surface area contributed by atoms with E-state index in [-0.39, 0.29) is 18.9 Å². The molecule has 0 fully saturated rings. The fourth-order valence-electron chi connectivity index (χ4n) is 5.33. The minimum Gasteiger partial charge on any atom is -0.153 e. The van der Waals surface area contributed by atoms with Gasteiger partial charge in [0.2, 0.25) is 0 Å². The Morgan fingerprint density at radius 2 is 1.73 bits per heavy atom. The van der Waals surface area contributed by atoms with Crippen molar-refractivity contribution in [2.24, 2.45) is 5.92 Å². The van der Waals surface area contributed by atoms with Gasteiger partial charge in [-0.1, -0.05) is 102 Å². The van der Waals surface area contributed by atoms with Crippen LogP contribution in [0, 0.1) is 5.92 Å². The first-order chi connectivity index (χ1) is 14.1. The molecule has 2 heteroatoms. The maximum atomic E-state index is 2.61. The minimum atomic E-state index is -1.71. The zero-order valence-electron chi connectivity index (χ0n) is 19.5. The van der Waals surface area contributed by atoms with Crippen LogP contribution in [0.4, 0.5) is 0 Å². The van der Waals surface area contributed by atoms with Crippen molar-refractivity contribution >= 4 is 30.1 Å². The molecule has 0 nitrogen and oxygen atoms in total. The number of fused-ring (bicyclic) bond motifs is 2. The van der Waals surface area contributed by atoms with Crippen LogP contribution in [0.5, 0.6) is 0 Å². The van der Waals surface area contributed by atoms with Gasteiger partial charge in [0.25, 0.3) is 0 Å². The number of rotatable bonds is 8. The zero-order chi connectivity index (χ0) is 20.4. The molecule has 152 valence electrons. The molecule has 1 aliphatic carbocycles. The van der Waals surface area contributed by atoms with Crippen LogP contribution in [-0.4, -0.2) is 8.07 Å². The first-order valence-electron chi connectivity index (χ1n) is 11.5. The third-order valence-corrected chi connectivity index (χ3v) is 11.1. The van der Waals surface area contributed by atoms with Gasteiger partial charge < -0.3 is 0 Å². The second-order valence-electron chi connectivity index (χ2n) is 9.44. The van der Waals surface area contributed by atoms with Crippen LogP contribution in [0.25, 0.3) is 16.8 Å². The van der Waals surface area contributed by atoms with Gasteiger partial charge in [0, 0.05) is 8.07 Å². The van der Waals surface area contributed by atoms with Crippen molar-refractivity contribution in [1.29, 1.82) is 0 Å².